The van der Waals surface area contributed by atoms with Crippen LogP contribution in [0, 0.1) is 0 Å². The molecule has 2 aliphatic rings. The Labute approximate surface area is 139 Å². The molecule has 3 heterocycles. The molecular weight excluding hydrogens is 308 g/mol. The summed E-state index contributed by atoms with van der Waals surface area (Å²) in [6.45, 7) is 1.71. The lowest BCUT2D eigenvalue weighted by atomic mass is 10.0. The molecule has 0 unspecified atom stereocenters. The van der Waals surface area contributed by atoms with E-state index < -0.39 is 0 Å². The van der Waals surface area contributed by atoms with Crippen LogP contribution in [0.1, 0.15) is 34.9 Å². The summed E-state index contributed by atoms with van der Waals surface area (Å²) in [4.78, 5) is 22.8. The van der Waals surface area contributed by atoms with E-state index in [1.54, 1.807) is 4.90 Å². The molecule has 1 saturated heterocycles. The normalized spacial score (nSPS) is 19.3. The van der Waals surface area contributed by atoms with Crippen molar-refractivity contribution in [2.24, 2.45) is 0 Å². The molecule has 2 aliphatic heterocycles. The Kier molecular flexibility index (Phi) is 3.68. The van der Waals surface area contributed by atoms with Crippen molar-refractivity contribution >= 4 is 11.7 Å². The van der Waals surface area contributed by atoms with Crippen LogP contribution in [0.25, 0.3) is 0 Å². The molecule has 1 aromatic heterocycles. The molecule has 0 aliphatic carbocycles. The number of nitrogens with two attached hydrogens (primary N) is 1. The van der Waals surface area contributed by atoms with Crippen molar-refractivity contribution in [3.63, 3.8) is 0 Å². The second-order valence-corrected chi connectivity index (χ2v) is 5.82. The van der Waals surface area contributed by atoms with Crippen LogP contribution in [0.2, 0.25) is 0 Å². The van der Waals surface area contributed by atoms with E-state index in [0.29, 0.717) is 19.8 Å². The van der Waals surface area contributed by atoms with E-state index in [-0.39, 0.29) is 23.5 Å². The van der Waals surface area contributed by atoms with Gasteiger partial charge in [-0.2, -0.15) is 0 Å². The van der Waals surface area contributed by atoms with Gasteiger partial charge in [0.05, 0.1) is 6.04 Å². The number of likely N-dealkylation sites (tertiary alicyclic amines) is 1. The van der Waals surface area contributed by atoms with Crippen molar-refractivity contribution in [2.75, 3.05) is 25.5 Å². The Morgan fingerprint density at radius 1 is 1.21 bits per heavy atom. The molecule has 1 aromatic carbocycles. The first kappa shape index (κ1) is 14.7. The number of fused-ring (bicyclic) bond motifs is 1. The molecule has 24 heavy (non-hydrogen) atoms. The third-order valence-corrected chi connectivity index (χ3v) is 4.40. The molecule has 0 radical (unpaired) electrons. The second-order valence-electron chi connectivity index (χ2n) is 5.82. The third kappa shape index (κ3) is 2.42. The molecule has 2 N–H and O–H groups in total. The van der Waals surface area contributed by atoms with Gasteiger partial charge in [0, 0.05) is 24.5 Å². The quantitative estimate of drug-likeness (QED) is 0.905. The summed E-state index contributed by atoms with van der Waals surface area (Å²) >= 11 is 0. The van der Waals surface area contributed by atoms with Gasteiger partial charge < -0.3 is 20.1 Å². The molecule has 1 amide bonds. The number of carbonyl (C=O) groups is 1. The van der Waals surface area contributed by atoms with E-state index in [2.05, 4.69) is 9.97 Å². The summed E-state index contributed by atoms with van der Waals surface area (Å²) < 4.78 is 11.5. The number of ether oxygens (including phenoxy) is 2. The molecule has 7 heteroatoms. The standard InChI is InChI=1S/C17H18N4O3/c18-16-14(19-6-7-20-16)17(22)21-8-2-4-12(21)11-3-1-5-13-15(11)24-10-9-23-13/h1,3,5-7,12H,2,4,8-10H2,(H2,18,20)/t12-/m1/s1. The van der Waals surface area contributed by atoms with Gasteiger partial charge in [-0.25, -0.2) is 9.97 Å². The number of hydrogen-bond donors (Lipinski definition) is 1. The lowest BCUT2D eigenvalue weighted by Gasteiger charge is -2.28. The van der Waals surface area contributed by atoms with E-state index in [9.17, 15) is 4.79 Å². The van der Waals surface area contributed by atoms with E-state index in [0.717, 1.165) is 29.9 Å². The fraction of sp³-hybridized carbons (Fsp3) is 0.353. The van der Waals surface area contributed by atoms with Crippen LogP contribution in [0.5, 0.6) is 11.5 Å². The number of benzene rings is 1. The fourth-order valence-electron chi connectivity index (χ4n) is 3.34. The Balaban J connectivity index is 1.69. The number of para-hydroxylation sites is 1. The highest BCUT2D eigenvalue weighted by Gasteiger charge is 2.35. The first-order chi connectivity index (χ1) is 11.8. The van der Waals surface area contributed by atoms with Crippen molar-refractivity contribution in [3.8, 4) is 11.5 Å². The zero-order valence-electron chi connectivity index (χ0n) is 13.1. The van der Waals surface area contributed by atoms with Crippen molar-refractivity contribution in [1.29, 1.82) is 0 Å². The van der Waals surface area contributed by atoms with Crippen LogP contribution in [0.15, 0.2) is 30.6 Å². The van der Waals surface area contributed by atoms with Crippen LogP contribution in [0.3, 0.4) is 0 Å². The predicted octanol–water partition coefficient (Wildman–Crippen LogP) is 1.81. The first-order valence-corrected chi connectivity index (χ1v) is 8.01. The molecule has 2 aromatic rings. The molecule has 0 bridgehead atoms. The maximum atomic E-state index is 12.9. The van der Waals surface area contributed by atoms with Crippen LogP contribution < -0.4 is 15.2 Å². The summed E-state index contributed by atoms with van der Waals surface area (Å²) in [5, 5.41) is 0. The highest BCUT2D eigenvalue weighted by Crippen LogP contribution is 2.43. The summed E-state index contributed by atoms with van der Waals surface area (Å²) in [6, 6.07) is 5.74. The minimum absolute atomic E-state index is 0.0736. The third-order valence-electron chi connectivity index (χ3n) is 4.40. The smallest absolute Gasteiger partial charge is 0.276 e. The Morgan fingerprint density at radius 3 is 2.92 bits per heavy atom. The van der Waals surface area contributed by atoms with Gasteiger partial charge in [0.2, 0.25) is 0 Å². The monoisotopic (exact) mass is 326 g/mol. The summed E-state index contributed by atoms with van der Waals surface area (Å²) in [7, 11) is 0. The van der Waals surface area contributed by atoms with Crippen LogP contribution >= 0.6 is 0 Å². The first-order valence-electron chi connectivity index (χ1n) is 8.01. The van der Waals surface area contributed by atoms with Crippen molar-refractivity contribution in [3.05, 3.63) is 41.9 Å². The van der Waals surface area contributed by atoms with Crippen molar-refractivity contribution in [2.45, 2.75) is 18.9 Å². The van der Waals surface area contributed by atoms with Gasteiger partial charge in [0.1, 0.15) is 13.2 Å². The number of amides is 1. The average Bonchev–Trinajstić information content (AvgIpc) is 3.10. The summed E-state index contributed by atoms with van der Waals surface area (Å²) in [5.74, 6) is 1.43. The fourth-order valence-corrected chi connectivity index (χ4v) is 3.34. The van der Waals surface area contributed by atoms with Gasteiger partial charge in [-0.3, -0.25) is 4.79 Å². The predicted molar refractivity (Wildman–Crippen MR) is 86.9 cm³/mol. The highest BCUT2D eigenvalue weighted by atomic mass is 16.6. The Bertz CT molecular complexity index is 780. The van der Waals surface area contributed by atoms with Crippen LogP contribution in [-0.4, -0.2) is 40.5 Å². The van der Waals surface area contributed by atoms with Gasteiger partial charge >= 0.3 is 0 Å². The van der Waals surface area contributed by atoms with Gasteiger partial charge in [0.15, 0.2) is 23.0 Å². The van der Waals surface area contributed by atoms with E-state index in [1.165, 1.54) is 12.4 Å². The van der Waals surface area contributed by atoms with Gasteiger partial charge in [-0.1, -0.05) is 12.1 Å². The average molecular weight is 326 g/mol. The lowest BCUT2D eigenvalue weighted by Crippen LogP contribution is -2.32. The molecule has 0 saturated carbocycles. The lowest BCUT2D eigenvalue weighted by molar-refractivity contribution is 0.0725. The number of hydrogen-bond acceptors (Lipinski definition) is 6. The van der Waals surface area contributed by atoms with Crippen LogP contribution in [0.4, 0.5) is 5.82 Å². The number of nitrogen functional groups attached to an aromatic ring is 1. The molecule has 124 valence electrons. The SMILES string of the molecule is Nc1nccnc1C(=O)N1CCC[C@@H]1c1cccc2c1OCCO2. The van der Waals surface area contributed by atoms with E-state index in [4.69, 9.17) is 15.2 Å². The van der Waals surface area contributed by atoms with E-state index >= 15 is 0 Å². The number of aromatic nitrogens is 2. The van der Waals surface area contributed by atoms with Gasteiger partial charge in [0.25, 0.3) is 5.91 Å². The minimum atomic E-state index is -0.197. The number of rotatable bonds is 2. The van der Waals surface area contributed by atoms with Gasteiger partial charge in [-0.15, -0.1) is 0 Å². The highest BCUT2D eigenvalue weighted by molar-refractivity contribution is 5.96. The van der Waals surface area contributed by atoms with E-state index in [1.807, 2.05) is 18.2 Å². The molecule has 1 fully saturated rings. The number of nitrogens with zero attached hydrogens (tertiary/aromatic N) is 3. The van der Waals surface area contributed by atoms with Crippen molar-refractivity contribution < 1.29 is 14.3 Å². The molecule has 0 spiro atoms. The minimum Gasteiger partial charge on any atom is -0.486 e. The zero-order chi connectivity index (χ0) is 16.5. The largest absolute Gasteiger partial charge is 0.486 e. The Hall–Kier alpha value is -2.83. The molecular formula is C17H18N4O3. The van der Waals surface area contributed by atoms with Crippen molar-refractivity contribution in [1.82, 2.24) is 14.9 Å². The molecule has 1 atom stereocenters. The number of anilines is 1. The zero-order valence-corrected chi connectivity index (χ0v) is 13.1. The maximum Gasteiger partial charge on any atom is 0.276 e. The Morgan fingerprint density at radius 2 is 2.04 bits per heavy atom. The summed E-state index contributed by atoms with van der Waals surface area (Å²) in [6.07, 6.45) is 4.75. The number of carbonyl (C=O) groups excluding carboxylic acids is 1. The maximum absolute atomic E-state index is 12.9. The summed E-state index contributed by atoms with van der Waals surface area (Å²) in [5.41, 5.74) is 6.99. The van der Waals surface area contributed by atoms with Gasteiger partial charge in [-0.05, 0) is 18.9 Å². The molecule has 7 nitrogen and oxygen atoms in total. The van der Waals surface area contributed by atoms with Crippen LogP contribution in [-0.2, 0) is 0 Å². The topological polar surface area (TPSA) is 90.6 Å². The molecule has 4 rings (SSSR count). The second kappa shape index (κ2) is 5.99.